The van der Waals surface area contributed by atoms with Crippen LogP contribution in [-0.4, -0.2) is 58.3 Å². The van der Waals surface area contributed by atoms with Gasteiger partial charge in [0.2, 0.25) is 0 Å². The zero-order chi connectivity index (χ0) is 31.8. The van der Waals surface area contributed by atoms with Crippen molar-refractivity contribution in [1.82, 2.24) is 5.32 Å². The number of hydrogen-bond acceptors (Lipinski definition) is 9. The van der Waals surface area contributed by atoms with Crippen LogP contribution in [0.5, 0.6) is 28.7 Å². The number of benzene rings is 3. The SMILES string of the molecule is CCCOc1ccc(N2C(=O)NC(=O)/C(=C/c3cc(Cl)c(OCC(=O)Nc4ccc(OC)cc4)c(OC)c3)C2=O)cc1OC. The van der Waals surface area contributed by atoms with Crippen LogP contribution >= 0.6 is 11.6 Å². The summed E-state index contributed by atoms with van der Waals surface area (Å²) in [5.41, 5.74) is 0.677. The van der Waals surface area contributed by atoms with Gasteiger partial charge in [0.25, 0.3) is 17.7 Å². The second-order valence-electron chi connectivity index (χ2n) is 9.24. The molecule has 3 aromatic rings. The number of anilines is 2. The van der Waals surface area contributed by atoms with E-state index in [2.05, 4.69) is 10.6 Å². The maximum Gasteiger partial charge on any atom is 0.335 e. The van der Waals surface area contributed by atoms with E-state index < -0.39 is 23.8 Å². The molecule has 1 fully saturated rings. The molecule has 12 nitrogen and oxygen atoms in total. The highest BCUT2D eigenvalue weighted by Crippen LogP contribution is 2.38. The minimum absolute atomic E-state index is 0.0532. The molecule has 1 aliphatic heterocycles. The van der Waals surface area contributed by atoms with Gasteiger partial charge < -0.3 is 29.0 Å². The van der Waals surface area contributed by atoms with Gasteiger partial charge in [-0.3, -0.25) is 19.7 Å². The van der Waals surface area contributed by atoms with Gasteiger partial charge in [0.05, 0.1) is 38.6 Å². The number of carbonyl (C=O) groups excluding carboxylic acids is 4. The van der Waals surface area contributed by atoms with Crippen molar-refractivity contribution in [1.29, 1.82) is 0 Å². The summed E-state index contributed by atoms with van der Waals surface area (Å²) < 4.78 is 27.1. The second-order valence-corrected chi connectivity index (χ2v) is 9.65. The van der Waals surface area contributed by atoms with E-state index in [0.29, 0.717) is 35.1 Å². The highest BCUT2D eigenvalue weighted by atomic mass is 35.5. The van der Waals surface area contributed by atoms with Gasteiger partial charge in [0.15, 0.2) is 29.6 Å². The molecule has 230 valence electrons. The van der Waals surface area contributed by atoms with Crippen LogP contribution in [0.2, 0.25) is 5.02 Å². The van der Waals surface area contributed by atoms with Gasteiger partial charge in [-0.25, -0.2) is 9.69 Å². The van der Waals surface area contributed by atoms with Crippen LogP contribution in [-0.2, 0) is 14.4 Å². The lowest BCUT2D eigenvalue weighted by Gasteiger charge is -2.27. The molecule has 1 aliphatic rings. The number of nitrogens with zero attached hydrogens (tertiary/aromatic N) is 1. The van der Waals surface area contributed by atoms with Crippen molar-refractivity contribution in [3.63, 3.8) is 0 Å². The smallest absolute Gasteiger partial charge is 0.335 e. The zero-order valence-corrected chi connectivity index (χ0v) is 25.2. The fraction of sp³-hybridized carbons (Fsp3) is 0.226. The first-order chi connectivity index (χ1) is 21.2. The third-order valence-electron chi connectivity index (χ3n) is 6.25. The highest BCUT2D eigenvalue weighted by Gasteiger charge is 2.37. The van der Waals surface area contributed by atoms with E-state index in [0.717, 1.165) is 11.3 Å². The summed E-state index contributed by atoms with van der Waals surface area (Å²) in [6.07, 6.45) is 2.04. The number of urea groups is 1. The molecule has 1 heterocycles. The third-order valence-corrected chi connectivity index (χ3v) is 6.53. The Bertz CT molecular complexity index is 1610. The van der Waals surface area contributed by atoms with Gasteiger partial charge in [-0.05, 0) is 66.6 Å². The van der Waals surface area contributed by atoms with E-state index in [1.54, 1.807) is 37.4 Å². The predicted molar refractivity (Wildman–Crippen MR) is 163 cm³/mol. The Morgan fingerprint density at radius 2 is 1.64 bits per heavy atom. The molecule has 0 spiro atoms. The molecule has 2 N–H and O–H groups in total. The lowest BCUT2D eigenvalue weighted by Crippen LogP contribution is -2.54. The molecule has 0 saturated carbocycles. The van der Waals surface area contributed by atoms with E-state index in [-0.39, 0.29) is 34.4 Å². The van der Waals surface area contributed by atoms with Crippen LogP contribution in [0.4, 0.5) is 16.2 Å². The Morgan fingerprint density at radius 1 is 0.909 bits per heavy atom. The van der Waals surface area contributed by atoms with Crippen molar-refractivity contribution >= 4 is 52.8 Å². The topological polar surface area (TPSA) is 142 Å². The number of methoxy groups -OCH3 is 3. The highest BCUT2D eigenvalue weighted by molar-refractivity contribution is 6.39. The molecule has 0 radical (unpaired) electrons. The summed E-state index contributed by atoms with van der Waals surface area (Å²) in [5, 5.41) is 4.92. The van der Waals surface area contributed by atoms with Crippen molar-refractivity contribution in [2.75, 3.05) is 44.8 Å². The van der Waals surface area contributed by atoms with Gasteiger partial charge >= 0.3 is 6.03 Å². The van der Waals surface area contributed by atoms with E-state index >= 15 is 0 Å². The Hall–Kier alpha value is -5.23. The van der Waals surface area contributed by atoms with Crippen molar-refractivity contribution in [3.05, 3.63) is 70.8 Å². The predicted octanol–water partition coefficient (Wildman–Crippen LogP) is 4.84. The normalized spacial score (nSPS) is 13.8. The summed E-state index contributed by atoms with van der Waals surface area (Å²) >= 11 is 6.46. The van der Waals surface area contributed by atoms with Gasteiger partial charge in [0, 0.05) is 11.8 Å². The fourth-order valence-corrected chi connectivity index (χ4v) is 4.43. The summed E-state index contributed by atoms with van der Waals surface area (Å²) in [6, 6.07) is 13.3. The van der Waals surface area contributed by atoms with Crippen LogP contribution in [0.15, 0.2) is 60.2 Å². The maximum absolute atomic E-state index is 13.4. The van der Waals surface area contributed by atoms with Crippen molar-refractivity contribution in [3.8, 4) is 28.7 Å². The van der Waals surface area contributed by atoms with Crippen LogP contribution in [0.3, 0.4) is 0 Å². The quantitative estimate of drug-likeness (QED) is 0.214. The number of carbonyl (C=O) groups is 4. The summed E-state index contributed by atoms with van der Waals surface area (Å²) in [4.78, 5) is 52.1. The van der Waals surface area contributed by atoms with E-state index in [1.807, 2.05) is 6.92 Å². The molecule has 0 unspecified atom stereocenters. The molecule has 3 aromatic carbocycles. The number of hydrogen-bond donors (Lipinski definition) is 2. The first-order valence-corrected chi connectivity index (χ1v) is 13.7. The molecule has 13 heteroatoms. The summed E-state index contributed by atoms with van der Waals surface area (Å²) in [7, 11) is 4.34. The molecule has 1 saturated heterocycles. The van der Waals surface area contributed by atoms with E-state index in [4.69, 9.17) is 35.3 Å². The minimum Gasteiger partial charge on any atom is -0.497 e. The van der Waals surface area contributed by atoms with E-state index in [9.17, 15) is 19.2 Å². The Labute approximate surface area is 258 Å². The first-order valence-electron chi connectivity index (χ1n) is 13.4. The van der Waals surface area contributed by atoms with Gasteiger partial charge in [-0.1, -0.05) is 18.5 Å². The Kier molecular flexibility index (Phi) is 10.3. The minimum atomic E-state index is -0.922. The average molecular weight is 624 g/mol. The molecule has 0 atom stereocenters. The lowest BCUT2D eigenvalue weighted by molar-refractivity contribution is -0.122. The van der Waals surface area contributed by atoms with Crippen molar-refractivity contribution in [2.45, 2.75) is 13.3 Å². The van der Waals surface area contributed by atoms with Gasteiger partial charge in [-0.15, -0.1) is 0 Å². The second kappa shape index (κ2) is 14.3. The van der Waals surface area contributed by atoms with Gasteiger partial charge in [-0.2, -0.15) is 0 Å². The summed E-state index contributed by atoms with van der Waals surface area (Å²) in [6.45, 7) is 2.02. The lowest BCUT2D eigenvalue weighted by atomic mass is 10.1. The first kappa shape index (κ1) is 31.7. The monoisotopic (exact) mass is 623 g/mol. The number of rotatable bonds is 12. The molecular weight excluding hydrogens is 594 g/mol. The van der Waals surface area contributed by atoms with Crippen molar-refractivity contribution < 1.29 is 42.9 Å². The number of ether oxygens (including phenoxy) is 5. The zero-order valence-electron chi connectivity index (χ0n) is 24.4. The van der Waals surface area contributed by atoms with Gasteiger partial charge in [0.1, 0.15) is 11.3 Å². The third kappa shape index (κ3) is 7.21. The van der Waals surface area contributed by atoms with Crippen LogP contribution in [0.1, 0.15) is 18.9 Å². The molecule has 4 rings (SSSR count). The largest absolute Gasteiger partial charge is 0.497 e. The average Bonchev–Trinajstić information content (AvgIpc) is 3.01. The molecule has 0 bridgehead atoms. The molecule has 5 amide bonds. The Balaban J connectivity index is 1.54. The van der Waals surface area contributed by atoms with Crippen LogP contribution < -0.4 is 39.2 Å². The fourth-order valence-electron chi connectivity index (χ4n) is 4.16. The number of imide groups is 2. The number of barbiturate groups is 1. The Morgan fingerprint density at radius 3 is 2.30 bits per heavy atom. The number of amides is 5. The summed E-state index contributed by atoms with van der Waals surface area (Å²) in [5.74, 6) is -0.591. The maximum atomic E-state index is 13.4. The number of halogens is 1. The van der Waals surface area contributed by atoms with Crippen LogP contribution in [0, 0.1) is 0 Å². The molecular formula is C31H30ClN3O9. The molecule has 0 aliphatic carbocycles. The van der Waals surface area contributed by atoms with E-state index in [1.165, 1.54) is 44.6 Å². The van der Waals surface area contributed by atoms with Crippen LogP contribution in [0.25, 0.3) is 6.08 Å². The molecule has 44 heavy (non-hydrogen) atoms. The standard InChI is InChI=1S/C31H30ClN3O9/c1-5-12-43-24-11-8-20(16-25(24)41-3)35-30(38)22(29(37)34-31(35)39)13-18-14-23(32)28(26(15-18)42-4)44-17-27(36)33-19-6-9-21(40-2)10-7-19/h6-11,13-16H,5,12,17H2,1-4H3,(H,33,36)(H,34,37,39)/b22-13-. The molecule has 0 aromatic heterocycles. The van der Waals surface area contributed by atoms with Crippen molar-refractivity contribution in [2.24, 2.45) is 0 Å². The number of nitrogens with one attached hydrogen (secondary N) is 2.